The Balaban J connectivity index is 1.59. The molecule has 184 valence electrons. The number of hydrogen-bond acceptors (Lipinski definition) is 5. The van der Waals surface area contributed by atoms with E-state index in [9.17, 15) is 18.0 Å². The van der Waals surface area contributed by atoms with Crippen molar-refractivity contribution in [1.82, 2.24) is 9.55 Å². The number of aliphatic imine (C=N–C) groups is 1. The standard InChI is InChI=1S/C27H17F4N5O/c1-36-13-18(9-21(26(36)37)27(29,30)31)19-5-6-20-22(23(19)28)25(33)35-24(20)16-4-2-3-15(8-16)17-7-14(10-32)11-34-12-17/h2-9,11-13,24H,1H3,(H2,33,35). The Hall–Kier alpha value is -4.78. The topological polar surface area (TPSA) is 97.1 Å². The molecule has 10 heteroatoms. The van der Waals surface area contributed by atoms with Crippen LogP contribution in [0.25, 0.3) is 22.3 Å². The van der Waals surface area contributed by atoms with E-state index in [-0.39, 0.29) is 22.5 Å². The number of fused-ring (bicyclic) bond motifs is 1. The van der Waals surface area contributed by atoms with Crippen molar-refractivity contribution in [3.8, 4) is 28.3 Å². The average molecular weight is 503 g/mol. The molecule has 0 saturated heterocycles. The van der Waals surface area contributed by atoms with Gasteiger partial charge in [0, 0.05) is 42.3 Å². The van der Waals surface area contributed by atoms with Gasteiger partial charge >= 0.3 is 6.18 Å². The van der Waals surface area contributed by atoms with Crippen molar-refractivity contribution in [1.29, 1.82) is 5.26 Å². The van der Waals surface area contributed by atoms with Crippen LogP contribution in [0.3, 0.4) is 0 Å². The van der Waals surface area contributed by atoms with Gasteiger partial charge in [-0.05, 0) is 34.9 Å². The van der Waals surface area contributed by atoms with E-state index in [0.717, 1.165) is 16.3 Å². The van der Waals surface area contributed by atoms with Gasteiger partial charge < -0.3 is 10.3 Å². The minimum atomic E-state index is -4.89. The zero-order valence-electron chi connectivity index (χ0n) is 19.2. The number of amidine groups is 1. The fraction of sp³-hybridized carbons (Fsp3) is 0.111. The quantitative estimate of drug-likeness (QED) is 0.400. The molecule has 2 N–H and O–H groups in total. The molecule has 5 rings (SSSR count). The van der Waals surface area contributed by atoms with Gasteiger partial charge in [-0.2, -0.15) is 18.4 Å². The number of nitriles is 1. The Bertz CT molecular complexity index is 1700. The van der Waals surface area contributed by atoms with E-state index in [4.69, 9.17) is 11.0 Å². The van der Waals surface area contributed by atoms with Crippen molar-refractivity contribution >= 4 is 5.84 Å². The highest BCUT2D eigenvalue weighted by Gasteiger charge is 2.36. The van der Waals surface area contributed by atoms with E-state index < -0.39 is 29.2 Å². The number of nitrogens with two attached hydrogens (primary N) is 1. The fourth-order valence-corrected chi connectivity index (χ4v) is 4.44. The second-order valence-corrected chi connectivity index (χ2v) is 8.56. The average Bonchev–Trinajstić information content (AvgIpc) is 3.22. The Kier molecular flexibility index (Phi) is 5.63. The second-order valence-electron chi connectivity index (χ2n) is 8.56. The van der Waals surface area contributed by atoms with Crippen molar-refractivity contribution in [3.63, 3.8) is 0 Å². The lowest BCUT2D eigenvalue weighted by Gasteiger charge is -2.15. The van der Waals surface area contributed by atoms with E-state index in [1.807, 2.05) is 18.2 Å². The van der Waals surface area contributed by atoms with Gasteiger partial charge in [-0.3, -0.25) is 14.8 Å². The SMILES string of the molecule is Cn1cc(-c2ccc3c(c2F)C(N)=NC3c2cccc(-c3cncc(C#N)c3)c2)cc(C(F)(F)F)c1=O. The number of halogens is 4. The van der Waals surface area contributed by atoms with Crippen LogP contribution in [0.5, 0.6) is 0 Å². The summed E-state index contributed by atoms with van der Waals surface area (Å²) in [6.07, 6.45) is -0.672. The zero-order chi connectivity index (χ0) is 26.5. The first kappa shape index (κ1) is 23.9. The highest BCUT2D eigenvalue weighted by Crippen LogP contribution is 2.40. The van der Waals surface area contributed by atoms with Gasteiger partial charge in [0.05, 0.1) is 11.1 Å². The molecule has 0 amide bonds. The maximum atomic E-state index is 15.7. The summed E-state index contributed by atoms with van der Waals surface area (Å²) in [7, 11) is 1.17. The number of hydrogen-bond donors (Lipinski definition) is 1. The van der Waals surface area contributed by atoms with Crippen molar-refractivity contribution in [2.24, 2.45) is 17.8 Å². The van der Waals surface area contributed by atoms with Gasteiger partial charge in [0.2, 0.25) is 0 Å². The first-order valence-corrected chi connectivity index (χ1v) is 11.0. The second kappa shape index (κ2) is 8.71. The Morgan fingerprint density at radius 1 is 1.05 bits per heavy atom. The van der Waals surface area contributed by atoms with Crippen molar-refractivity contribution in [2.45, 2.75) is 12.2 Å². The van der Waals surface area contributed by atoms with Crippen molar-refractivity contribution < 1.29 is 17.6 Å². The van der Waals surface area contributed by atoms with Crippen LogP contribution in [0.15, 0.2) is 76.9 Å². The smallest absolute Gasteiger partial charge is 0.383 e. The number of aromatic nitrogens is 2. The molecule has 2 aromatic heterocycles. The van der Waals surface area contributed by atoms with Crippen molar-refractivity contribution in [2.75, 3.05) is 0 Å². The van der Waals surface area contributed by atoms with E-state index in [1.54, 1.807) is 30.5 Å². The fourth-order valence-electron chi connectivity index (χ4n) is 4.44. The molecule has 1 unspecified atom stereocenters. The van der Waals surface area contributed by atoms with Gasteiger partial charge in [-0.25, -0.2) is 4.39 Å². The first-order chi connectivity index (χ1) is 17.6. The number of alkyl halides is 3. The van der Waals surface area contributed by atoms with Crippen LogP contribution in [0.1, 0.15) is 33.9 Å². The summed E-state index contributed by atoms with van der Waals surface area (Å²) in [6.45, 7) is 0. The molecule has 0 fully saturated rings. The maximum absolute atomic E-state index is 15.7. The number of aryl methyl sites for hydroxylation is 1. The molecule has 0 bridgehead atoms. The van der Waals surface area contributed by atoms with Crippen LogP contribution in [0.2, 0.25) is 0 Å². The molecule has 3 heterocycles. The third-order valence-electron chi connectivity index (χ3n) is 6.20. The predicted octanol–water partition coefficient (Wildman–Crippen LogP) is 4.95. The molecule has 1 atom stereocenters. The lowest BCUT2D eigenvalue weighted by molar-refractivity contribution is -0.138. The van der Waals surface area contributed by atoms with Gasteiger partial charge in [-0.15, -0.1) is 0 Å². The molecule has 4 aromatic rings. The molecule has 2 aromatic carbocycles. The minimum absolute atomic E-state index is 0.00320. The third-order valence-corrected chi connectivity index (χ3v) is 6.20. The summed E-state index contributed by atoms with van der Waals surface area (Å²) in [4.78, 5) is 20.5. The molecule has 0 radical (unpaired) electrons. The number of pyridine rings is 2. The normalized spacial score (nSPS) is 14.7. The number of nitrogens with zero attached hydrogens (tertiary/aromatic N) is 4. The Morgan fingerprint density at radius 2 is 1.84 bits per heavy atom. The molecule has 1 aliphatic heterocycles. The molecule has 0 spiro atoms. The molecule has 0 saturated carbocycles. The summed E-state index contributed by atoms with van der Waals surface area (Å²) < 4.78 is 56.6. The zero-order valence-corrected chi connectivity index (χ0v) is 19.2. The van der Waals surface area contributed by atoms with Crippen LogP contribution >= 0.6 is 0 Å². The molecule has 1 aliphatic rings. The molecular formula is C27H17F4N5O. The summed E-state index contributed by atoms with van der Waals surface area (Å²) in [6, 6.07) is 13.9. The van der Waals surface area contributed by atoms with Gasteiger partial charge in [0.1, 0.15) is 29.3 Å². The van der Waals surface area contributed by atoms with Crippen LogP contribution in [-0.4, -0.2) is 15.4 Å². The van der Waals surface area contributed by atoms with Crippen molar-refractivity contribution in [3.05, 3.63) is 111 Å². The summed E-state index contributed by atoms with van der Waals surface area (Å²) in [5.74, 6) is -0.908. The Labute approximate surface area is 208 Å². The predicted molar refractivity (Wildman–Crippen MR) is 129 cm³/mol. The lowest BCUT2D eigenvalue weighted by Crippen LogP contribution is -2.26. The van der Waals surface area contributed by atoms with Gasteiger partial charge in [0.25, 0.3) is 5.56 Å². The van der Waals surface area contributed by atoms with E-state index in [0.29, 0.717) is 28.3 Å². The molecule has 0 aliphatic carbocycles. The largest absolute Gasteiger partial charge is 0.421 e. The lowest BCUT2D eigenvalue weighted by atomic mass is 9.92. The maximum Gasteiger partial charge on any atom is 0.421 e. The minimum Gasteiger partial charge on any atom is -0.383 e. The molecule has 6 nitrogen and oxygen atoms in total. The van der Waals surface area contributed by atoms with Gasteiger partial charge in [0.15, 0.2) is 0 Å². The highest BCUT2D eigenvalue weighted by atomic mass is 19.4. The first-order valence-electron chi connectivity index (χ1n) is 11.0. The number of rotatable bonds is 3. The van der Waals surface area contributed by atoms with Crippen LogP contribution < -0.4 is 11.3 Å². The molecular weight excluding hydrogens is 486 g/mol. The van der Waals surface area contributed by atoms with Crippen LogP contribution in [0.4, 0.5) is 17.6 Å². The summed E-state index contributed by atoms with van der Waals surface area (Å²) >= 11 is 0. The summed E-state index contributed by atoms with van der Waals surface area (Å²) in [5.41, 5.74) is 6.28. The third kappa shape index (κ3) is 4.14. The van der Waals surface area contributed by atoms with E-state index in [2.05, 4.69) is 9.98 Å². The monoisotopic (exact) mass is 503 g/mol. The highest BCUT2D eigenvalue weighted by molar-refractivity contribution is 6.03. The van der Waals surface area contributed by atoms with Crippen LogP contribution in [-0.2, 0) is 13.2 Å². The van der Waals surface area contributed by atoms with Gasteiger partial charge in [-0.1, -0.05) is 30.3 Å². The van der Waals surface area contributed by atoms with E-state index >= 15 is 4.39 Å². The molecule has 37 heavy (non-hydrogen) atoms. The van der Waals surface area contributed by atoms with E-state index in [1.165, 1.54) is 19.3 Å². The summed E-state index contributed by atoms with van der Waals surface area (Å²) in [5, 5.41) is 9.16. The van der Waals surface area contributed by atoms with Crippen LogP contribution in [0, 0.1) is 17.1 Å². The number of benzene rings is 2. The Morgan fingerprint density at radius 3 is 2.57 bits per heavy atom.